The van der Waals surface area contributed by atoms with E-state index in [1.165, 1.54) is 0 Å². The second kappa shape index (κ2) is 8.94. The number of nitrogens with zero attached hydrogens (tertiary/aromatic N) is 3. The smallest absolute Gasteiger partial charge is 0.237 e. The third-order valence-corrected chi connectivity index (χ3v) is 5.26. The van der Waals surface area contributed by atoms with Crippen molar-refractivity contribution in [1.82, 2.24) is 15.2 Å². The van der Waals surface area contributed by atoms with Gasteiger partial charge in [-0.3, -0.25) is 14.6 Å². The first kappa shape index (κ1) is 20.6. The van der Waals surface area contributed by atoms with Crippen molar-refractivity contribution in [1.29, 1.82) is 0 Å². The Kier molecular flexibility index (Phi) is 6.36. The molecule has 0 saturated carbocycles. The van der Waals surface area contributed by atoms with Gasteiger partial charge in [-0.25, -0.2) is 0 Å². The number of amides is 2. The number of methoxy groups -OCH3 is 1. The zero-order valence-electron chi connectivity index (χ0n) is 17.2. The molecule has 7 heteroatoms. The first-order valence-corrected chi connectivity index (χ1v) is 9.78. The minimum absolute atomic E-state index is 0.148. The number of benzene rings is 1. The van der Waals surface area contributed by atoms with Gasteiger partial charge in [-0.1, -0.05) is 6.07 Å². The van der Waals surface area contributed by atoms with Crippen molar-refractivity contribution in [3.63, 3.8) is 0 Å². The highest BCUT2D eigenvalue weighted by Crippen LogP contribution is 2.24. The highest BCUT2D eigenvalue weighted by atomic mass is 16.5. The lowest BCUT2D eigenvalue weighted by molar-refractivity contribution is -0.148. The van der Waals surface area contributed by atoms with Gasteiger partial charge in [0.05, 0.1) is 19.3 Å². The van der Waals surface area contributed by atoms with Gasteiger partial charge in [0.2, 0.25) is 11.8 Å². The summed E-state index contributed by atoms with van der Waals surface area (Å²) in [7, 11) is 1.65. The topological polar surface area (TPSA) is 74.8 Å². The molecule has 1 aliphatic rings. The van der Waals surface area contributed by atoms with E-state index in [0.29, 0.717) is 19.6 Å². The molecule has 2 aromatic rings. The van der Waals surface area contributed by atoms with Crippen LogP contribution in [0.5, 0.6) is 5.75 Å². The van der Waals surface area contributed by atoms with Crippen molar-refractivity contribution < 1.29 is 14.3 Å². The Labute approximate surface area is 171 Å². The van der Waals surface area contributed by atoms with Crippen LogP contribution < -0.4 is 15.0 Å². The number of hydrogen-bond donors (Lipinski definition) is 1. The Morgan fingerprint density at radius 2 is 1.76 bits per heavy atom. The first-order valence-electron chi connectivity index (χ1n) is 9.78. The first-order chi connectivity index (χ1) is 13.9. The summed E-state index contributed by atoms with van der Waals surface area (Å²) in [5.41, 5.74) is 0.735. The van der Waals surface area contributed by atoms with Crippen LogP contribution in [0, 0.1) is 5.41 Å². The van der Waals surface area contributed by atoms with E-state index in [0.717, 1.165) is 30.2 Å². The number of aromatic nitrogens is 1. The van der Waals surface area contributed by atoms with E-state index in [2.05, 4.69) is 15.2 Å². The molecule has 1 aromatic heterocycles. The molecule has 29 heavy (non-hydrogen) atoms. The van der Waals surface area contributed by atoms with Gasteiger partial charge in [0.1, 0.15) is 11.2 Å². The molecule has 2 heterocycles. The molecule has 2 amide bonds. The van der Waals surface area contributed by atoms with Gasteiger partial charge in [0.25, 0.3) is 0 Å². The van der Waals surface area contributed by atoms with Crippen LogP contribution in [-0.2, 0) is 16.1 Å². The molecule has 1 aliphatic heterocycles. The van der Waals surface area contributed by atoms with Crippen molar-refractivity contribution in [3.05, 3.63) is 54.4 Å². The van der Waals surface area contributed by atoms with Gasteiger partial charge in [-0.2, -0.15) is 0 Å². The van der Waals surface area contributed by atoms with E-state index in [-0.39, 0.29) is 11.8 Å². The maximum Gasteiger partial charge on any atom is 0.237 e. The summed E-state index contributed by atoms with van der Waals surface area (Å²) in [6.07, 6.45) is 1.68. The standard InChI is InChI=1S/C22H28N4O3/c1-22(2,20(27)24-16-17-6-4-5-11-23-17)21(28)26-14-12-25(13-15-26)18-7-9-19(29-3)10-8-18/h4-11H,12-16H2,1-3H3,(H,24,27). The fourth-order valence-electron chi connectivity index (χ4n) is 3.35. The quantitative estimate of drug-likeness (QED) is 0.757. The van der Waals surface area contributed by atoms with E-state index >= 15 is 0 Å². The second-order valence-electron chi connectivity index (χ2n) is 7.61. The van der Waals surface area contributed by atoms with Crippen molar-refractivity contribution in [3.8, 4) is 5.75 Å². The van der Waals surface area contributed by atoms with Crippen LogP contribution in [0.15, 0.2) is 48.7 Å². The molecule has 0 unspecified atom stereocenters. The average molecular weight is 396 g/mol. The Balaban J connectivity index is 1.54. The Bertz CT molecular complexity index is 829. The van der Waals surface area contributed by atoms with E-state index in [1.54, 1.807) is 32.1 Å². The number of carbonyl (C=O) groups is 2. The number of pyridine rings is 1. The molecule has 0 aliphatic carbocycles. The summed E-state index contributed by atoms with van der Waals surface area (Å²) < 4.78 is 5.20. The van der Waals surface area contributed by atoms with Gasteiger partial charge in [-0.15, -0.1) is 0 Å². The lowest BCUT2D eigenvalue weighted by Gasteiger charge is -2.39. The molecule has 1 N–H and O–H groups in total. The van der Waals surface area contributed by atoms with E-state index in [4.69, 9.17) is 4.74 Å². The highest BCUT2D eigenvalue weighted by molar-refractivity contribution is 6.04. The molecular weight excluding hydrogens is 368 g/mol. The molecular formula is C22H28N4O3. The molecule has 1 fully saturated rings. The van der Waals surface area contributed by atoms with Gasteiger partial charge < -0.3 is 19.9 Å². The summed E-state index contributed by atoms with van der Waals surface area (Å²) in [4.78, 5) is 33.9. The minimum Gasteiger partial charge on any atom is -0.497 e. The summed E-state index contributed by atoms with van der Waals surface area (Å²) in [5, 5.41) is 2.83. The number of nitrogens with one attached hydrogen (secondary N) is 1. The zero-order valence-corrected chi connectivity index (χ0v) is 17.2. The monoisotopic (exact) mass is 396 g/mol. The minimum atomic E-state index is -1.13. The van der Waals surface area contributed by atoms with Crippen molar-refractivity contribution >= 4 is 17.5 Å². The third-order valence-electron chi connectivity index (χ3n) is 5.26. The number of ether oxygens (including phenoxy) is 1. The normalized spacial score (nSPS) is 14.4. The van der Waals surface area contributed by atoms with Crippen LogP contribution in [0.4, 0.5) is 5.69 Å². The van der Waals surface area contributed by atoms with Gasteiger partial charge in [0, 0.05) is 38.1 Å². The highest BCUT2D eigenvalue weighted by Gasteiger charge is 2.39. The number of rotatable bonds is 6. The average Bonchev–Trinajstić information content (AvgIpc) is 2.77. The summed E-state index contributed by atoms with van der Waals surface area (Å²) >= 11 is 0. The molecule has 3 rings (SSSR count). The van der Waals surface area contributed by atoms with Crippen LogP contribution in [0.1, 0.15) is 19.5 Å². The molecule has 1 aromatic carbocycles. The second-order valence-corrected chi connectivity index (χ2v) is 7.61. The molecule has 7 nitrogen and oxygen atoms in total. The van der Waals surface area contributed by atoms with Crippen molar-refractivity contribution in [2.45, 2.75) is 20.4 Å². The number of carbonyl (C=O) groups excluding carboxylic acids is 2. The van der Waals surface area contributed by atoms with Crippen molar-refractivity contribution in [2.75, 3.05) is 38.2 Å². The van der Waals surface area contributed by atoms with Crippen molar-refractivity contribution in [2.24, 2.45) is 5.41 Å². The molecule has 1 saturated heterocycles. The fraction of sp³-hybridized carbons (Fsp3) is 0.409. The molecule has 0 spiro atoms. The molecule has 0 atom stereocenters. The number of hydrogen-bond acceptors (Lipinski definition) is 5. The van der Waals surface area contributed by atoms with E-state index in [9.17, 15) is 9.59 Å². The zero-order chi connectivity index (χ0) is 20.9. The summed E-state index contributed by atoms with van der Waals surface area (Å²) in [6, 6.07) is 13.4. The lowest BCUT2D eigenvalue weighted by atomic mass is 9.90. The van der Waals surface area contributed by atoms with Crippen LogP contribution in [-0.4, -0.2) is 55.0 Å². The fourth-order valence-corrected chi connectivity index (χ4v) is 3.35. The van der Waals surface area contributed by atoms with Crippen LogP contribution in [0.2, 0.25) is 0 Å². The predicted octanol–water partition coefficient (Wildman–Crippen LogP) is 2.08. The van der Waals surface area contributed by atoms with Crippen LogP contribution >= 0.6 is 0 Å². The predicted molar refractivity (Wildman–Crippen MR) is 112 cm³/mol. The SMILES string of the molecule is COc1ccc(N2CCN(C(=O)C(C)(C)C(=O)NCc3ccccn3)CC2)cc1. The number of piperazine rings is 1. The van der Waals surface area contributed by atoms with Crippen LogP contribution in [0.25, 0.3) is 0 Å². The largest absolute Gasteiger partial charge is 0.497 e. The Hall–Kier alpha value is -3.09. The Morgan fingerprint density at radius 3 is 2.34 bits per heavy atom. The maximum atomic E-state index is 13.0. The van der Waals surface area contributed by atoms with Gasteiger partial charge >= 0.3 is 0 Å². The Morgan fingerprint density at radius 1 is 1.07 bits per heavy atom. The molecule has 154 valence electrons. The van der Waals surface area contributed by atoms with Gasteiger partial charge in [-0.05, 0) is 50.2 Å². The van der Waals surface area contributed by atoms with E-state index < -0.39 is 5.41 Å². The maximum absolute atomic E-state index is 13.0. The lowest BCUT2D eigenvalue weighted by Crippen LogP contribution is -2.55. The van der Waals surface area contributed by atoms with Gasteiger partial charge in [0.15, 0.2) is 0 Å². The summed E-state index contributed by atoms with van der Waals surface area (Å²) in [5.74, 6) is 0.386. The van der Waals surface area contributed by atoms with E-state index in [1.807, 2.05) is 42.5 Å². The molecule has 0 bridgehead atoms. The van der Waals surface area contributed by atoms with Crippen LogP contribution in [0.3, 0.4) is 0 Å². The summed E-state index contributed by atoms with van der Waals surface area (Å²) in [6.45, 7) is 6.29. The number of anilines is 1. The third kappa shape index (κ3) is 4.85. The molecule has 0 radical (unpaired) electrons.